The van der Waals surface area contributed by atoms with Crippen molar-refractivity contribution < 1.29 is 9.53 Å². The van der Waals surface area contributed by atoms with Gasteiger partial charge in [0.15, 0.2) is 0 Å². The Hall–Kier alpha value is -1.19. The molecule has 1 N–H and O–H groups in total. The van der Waals surface area contributed by atoms with Crippen LogP contribution in [0.3, 0.4) is 0 Å². The van der Waals surface area contributed by atoms with Crippen molar-refractivity contribution >= 4 is 34.9 Å². The van der Waals surface area contributed by atoms with Crippen molar-refractivity contribution in [1.82, 2.24) is 0 Å². The molecule has 0 aliphatic carbocycles. The number of alkyl halides is 1. The molecule has 90 valence electrons. The lowest BCUT2D eigenvalue weighted by atomic mass is 10.0. The highest BCUT2D eigenvalue weighted by Crippen LogP contribution is 2.39. The largest absolute Gasteiger partial charge is 0.463 e. The molecule has 1 aliphatic heterocycles. The molecule has 1 heterocycles. The maximum Gasteiger partial charge on any atom is 0.337 e. The molecule has 2 rings (SSSR count). The molecule has 5 heteroatoms. The summed E-state index contributed by atoms with van der Waals surface area (Å²) >= 11 is 12.2. The fourth-order valence-electron chi connectivity index (χ4n) is 1.65. The normalized spacial score (nSPS) is 17.8. The average molecular weight is 272 g/mol. The van der Waals surface area contributed by atoms with E-state index in [1.807, 2.05) is 6.07 Å². The predicted molar refractivity (Wildman–Crippen MR) is 68.4 cm³/mol. The van der Waals surface area contributed by atoms with Gasteiger partial charge in [0.25, 0.3) is 0 Å². The van der Waals surface area contributed by atoms with Crippen LogP contribution in [0.25, 0.3) is 0 Å². The quantitative estimate of drug-likeness (QED) is 0.661. The van der Waals surface area contributed by atoms with E-state index < -0.39 is 11.3 Å². The van der Waals surface area contributed by atoms with Crippen LogP contribution in [0, 0.1) is 0 Å². The van der Waals surface area contributed by atoms with E-state index in [-0.39, 0.29) is 0 Å². The van der Waals surface area contributed by atoms with Gasteiger partial charge in [0, 0.05) is 16.9 Å². The van der Waals surface area contributed by atoms with Crippen LogP contribution >= 0.6 is 23.2 Å². The smallest absolute Gasteiger partial charge is 0.337 e. The van der Waals surface area contributed by atoms with Gasteiger partial charge in [0.05, 0.1) is 17.6 Å². The zero-order valence-electron chi connectivity index (χ0n) is 9.17. The number of hydrogen-bond donors (Lipinski definition) is 1. The molecule has 17 heavy (non-hydrogen) atoms. The highest BCUT2D eigenvalue weighted by molar-refractivity contribution is 6.31. The van der Waals surface area contributed by atoms with Gasteiger partial charge in [-0.25, -0.2) is 4.79 Å². The van der Waals surface area contributed by atoms with Gasteiger partial charge in [-0.15, -0.1) is 11.6 Å². The number of ether oxygens (including phenoxy) is 1. The molecule has 0 saturated heterocycles. The van der Waals surface area contributed by atoms with Crippen molar-refractivity contribution in [3.05, 3.63) is 40.6 Å². The Morgan fingerprint density at radius 3 is 3.00 bits per heavy atom. The second-order valence-electron chi connectivity index (χ2n) is 3.56. The van der Waals surface area contributed by atoms with Gasteiger partial charge < -0.3 is 10.1 Å². The van der Waals surface area contributed by atoms with Gasteiger partial charge in [-0.2, -0.15) is 0 Å². The molecule has 3 nitrogen and oxygen atoms in total. The zero-order valence-corrected chi connectivity index (χ0v) is 10.7. The van der Waals surface area contributed by atoms with E-state index >= 15 is 0 Å². The molecule has 0 radical (unpaired) electrons. The first kappa shape index (κ1) is 12.3. The number of benzene rings is 1. The van der Waals surface area contributed by atoms with E-state index in [0.29, 0.717) is 17.2 Å². The molecule has 0 fully saturated rings. The van der Waals surface area contributed by atoms with E-state index in [1.54, 1.807) is 25.3 Å². The van der Waals surface area contributed by atoms with Crippen molar-refractivity contribution in [3.8, 4) is 0 Å². The number of carbonyl (C=O) groups is 1. The Balaban J connectivity index is 2.32. The minimum absolute atomic E-state index is 0.322. The lowest BCUT2D eigenvalue weighted by Gasteiger charge is -2.22. The summed E-state index contributed by atoms with van der Waals surface area (Å²) in [4.78, 5) is 11.7. The van der Waals surface area contributed by atoms with Crippen LogP contribution in [-0.4, -0.2) is 12.6 Å². The third-order valence-electron chi connectivity index (χ3n) is 2.45. The van der Waals surface area contributed by atoms with E-state index in [9.17, 15) is 4.79 Å². The van der Waals surface area contributed by atoms with Crippen LogP contribution in [0.4, 0.5) is 5.69 Å². The molecule has 0 aromatic heterocycles. The van der Waals surface area contributed by atoms with E-state index in [2.05, 4.69) is 5.32 Å². The molecule has 0 amide bonds. The number of halogens is 2. The number of rotatable bonds is 2. The highest BCUT2D eigenvalue weighted by Gasteiger charge is 2.27. The number of carbonyl (C=O) groups excluding carboxylic acids is 1. The summed E-state index contributed by atoms with van der Waals surface area (Å²) in [6.07, 6.45) is 1.58. The summed E-state index contributed by atoms with van der Waals surface area (Å²) in [5.41, 5.74) is 2.02. The van der Waals surface area contributed by atoms with Gasteiger partial charge in [-0.05, 0) is 30.7 Å². The zero-order chi connectivity index (χ0) is 12.4. The Labute approximate surface area is 109 Å². The van der Waals surface area contributed by atoms with Crippen LogP contribution in [0.5, 0.6) is 0 Å². The van der Waals surface area contributed by atoms with Gasteiger partial charge in [-0.3, -0.25) is 0 Å². The van der Waals surface area contributed by atoms with Crippen molar-refractivity contribution in [1.29, 1.82) is 0 Å². The maximum absolute atomic E-state index is 11.7. The Bertz CT molecular complexity index is 485. The van der Waals surface area contributed by atoms with Crippen molar-refractivity contribution in [3.63, 3.8) is 0 Å². The average Bonchev–Trinajstić information content (AvgIpc) is 2.30. The maximum atomic E-state index is 11.7. The third kappa shape index (κ3) is 2.40. The highest BCUT2D eigenvalue weighted by atomic mass is 35.5. The van der Waals surface area contributed by atoms with Crippen molar-refractivity contribution in [2.45, 2.75) is 12.3 Å². The van der Waals surface area contributed by atoms with Gasteiger partial charge in [0.1, 0.15) is 0 Å². The molecule has 1 aromatic rings. The fraction of sp³-hybridized carbons (Fsp3) is 0.250. The summed E-state index contributed by atoms with van der Waals surface area (Å²) in [5, 5.41) is 3.05. The lowest BCUT2D eigenvalue weighted by molar-refractivity contribution is -0.138. The second kappa shape index (κ2) is 4.98. The number of esters is 1. The molecule has 0 spiro atoms. The minimum atomic E-state index is -0.538. The topological polar surface area (TPSA) is 38.3 Å². The number of nitrogens with one attached hydrogen (secondary N) is 1. The van der Waals surface area contributed by atoms with Gasteiger partial charge in [0.2, 0.25) is 0 Å². The third-order valence-corrected chi connectivity index (χ3v) is 3.16. The number of hydrogen-bond acceptors (Lipinski definition) is 3. The molecule has 1 aliphatic rings. The fourth-order valence-corrected chi connectivity index (χ4v) is 2.16. The summed E-state index contributed by atoms with van der Waals surface area (Å²) in [5.74, 6) is -0.411. The van der Waals surface area contributed by atoms with Gasteiger partial charge in [-0.1, -0.05) is 11.6 Å². The molecule has 1 atom stereocenters. The SMILES string of the molecule is CCOC(=O)C1=CNc2ccc(Cl)cc2C1Cl. The first-order valence-corrected chi connectivity index (χ1v) is 6.02. The first-order valence-electron chi connectivity index (χ1n) is 5.20. The van der Waals surface area contributed by atoms with Crippen molar-refractivity contribution in [2.75, 3.05) is 11.9 Å². The Morgan fingerprint density at radius 2 is 2.29 bits per heavy atom. The second-order valence-corrected chi connectivity index (χ2v) is 4.43. The molecular weight excluding hydrogens is 261 g/mol. The summed E-state index contributed by atoms with van der Waals surface area (Å²) < 4.78 is 4.93. The Kier molecular flexibility index (Phi) is 3.60. The lowest BCUT2D eigenvalue weighted by Crippen LogP contribution is -2.17. The minimum Gasteiger partial charge on any atom is -0.463 e. The van der Waals surface area contributed by atoms with E-state index in [4.69, 9.17) is 27.9 Å². The summed E-state index contributed by atoms with van der Waals surface area (Å²) in [7, 11) is 0. The van der Waals surface area contributed by atoms with Crippen LogP contribution in [-0.2, 0) is 9.53 Å². The molecular formula is C12H11Cl2NO2. The van der Waals surface area contributed by atoms with Crippen molar-refractivity contribution in [2.24, 2.45) is 0 Å². The standard InChI is InChI=1S/C12H11Cl2NO2/c1-2-17-12(16)9-6-15-10-4-3-7(13)5-8(10)11(9)14/h3-6,11,15H,2H2,1H3. The summed E-state index contributed by atoms with van der Waals surface area (Å²) in [6.45, 7) is 2.07. The molecule has 0 bridgehead atoms. The Morgan fingerprint density at radius 1 is 1.53 bits per heavy atom. The van der Waals surface area contributed by atoms with E-state index in [1.165, 1.54) is 0 Å². The molecule has 0 saturated carbocycles. The monoisotopic (exact) mass is 271 g/mol. The number of fused-ring (bicyclic) bond motifs is 1. The van der Waals surface area contributed by atoms with E-state index in [0.717, 1.165) is 11.3 Å². The van der Waals surface area contributed by atoms with Crippen LogP contribution in [0.1, 0.15) is 17.9 Å². The van der Waals surface area contributed by atoms with Crippen LogP contribution < -0.4 is 5.32 Å². The molecule has 1 unspecified atom stereocenters. The number of anilines is 1. The summed E-state index contributed by atoms with van der Waals surface area (Å²) in [6, 6.07) is 5.33. The molecule has 1 aromatic carbocycles. The van der Waals surface area contributed by atoms with Gasteiger partial charge >= 0.3 is 5.97 Å². The van der Waals surface area contributed by atoms with Crippen LogP contribution in [0.15, 0.2) is 30.0 Å². The van der Waals surface area contributed by atoms with Crippen LogP contribution in [0.2, 0.25) is 5.02 Å². The predicted octanol–water partition coefficient (Wildman–Crippen LogP) is 3.49. The first-order chi connectivity index (χ1) is 8.13.